The smallest absolute Gasteiger partial charge is 0.253 e. The van der Waals surface area contributed by atoms with Gasteiger partial charge in [-0.3, -0.25) is 19.7 Å². The molecule has 19 heavy (non-hydrogen) atoms. The second kappa shape index (κ2) is 5.36. The van der Waals surface area contributed by atoms with Crippen molar-refractivity contribution >= 4 is 29.3 Å². The minimum absolute atomic E-state index is 0.0372. The lowest BCUT2D eigenvalue weighted by Crippen LogP contribution is -2.52. The Kier molecular flexibility index (Phi) is 3.80. The Morgan fingerprint density at radius 3 is 2.79 bits per heavy atom. The predicted molar refractivity (Wildman–Crippen MR) is 65.0 cm³/mol. The van der Waals surface area contributed by atoms with E-state index in [1.807, 2.05) is 0 Å². The molecule has 1 saturated heterocycles. The standard InChI is InChI=1S/C12H10ClFN2O3/c13-8-5-6(14)1-2-7(8)11(18)15-9-3-4-10(17)16-12(9)19/h1-2,5,9H,3-4H2,(H,15,18)(H,16,17,19). The van der Waals surface area contributed by atoms with Gasteiger partial charge in [-0.15, -0.1) is 0 Å². The zero-order valence-electron chi connectivity index (χ0n) is 9.70. The molecule has 0 bridgehead atoms. The summed E-state index contributed by atoms with van der Waals surface area (Å²) in [7, 11) is 0. The molecule has 7 heteroatoms. The van der Waals surface area contributed by atoms with E-state index in [-0.39, 0.29) is 29.3 Å². The molecular formula is C12H10ClFN2O3. The Morgan fingerprint density at radius 2 is 2.16 bits per heavy atom. The Morgan fingerprint density at radius 1 is 1.42 bits per heavy atom. The van der Waals surface area contributed by atoms with Crippen molar-refractivity contribution in [2.24, 2.45) is 0 Å². The van der Waals surface area contributed by atoms with Crippen LogP contribution in [0.15, 0.2) is 18.2 Å². The lowest BCUT2D eigenvalue weighted by Gasteiger charge is -2.21. The van der Waals surface area contributed by atoms with Gasteiger partial charge in [-0.05, 0) is 24.6 Å². The van der Waals surface area contributed by atoms with Crippen LogP contribution < -0.4 is 10.6 Å². The van der Waals surface area contributed by atoms with Crippen LogP contribution in [0.1, 0.15) is 23.2 Å². The summed E-state index contributed by atoms with van der Waals surface area (Å²) in [5.74, 6) is -2.06. The fourth-order valence-electron chi connectivity index (χ4n) is 1.74. The van der Waals surface area contributed by atoms with Crippen molar-refractivity contribution in [1.82, 2.24) is 10.6 Å². The average molecular weight is 285 g/mol. The summed E-state index contributed by atoms with van der Waals surface area (Å²) >= 11 is 5.75. The number of amides is 3. The zero-order chi connectivity index (χ0) is 14.0. The van der Waals surface area contributed by atoms with Crippen LogP contribution in [0.25, 0.3) is 0 Å². The molecule has 2 rings (SSSR count). The van der Waals surface area contributed by atoms with Gasteiger partial charge < -0.3 is 5.32 Å². The normalized spacial score (nSPS) is 18.9. The second-order valence-corrected chi connectivity index (χ2v) is 4.51. The van der Waals surface area contributed by atoms with Crippen molar-refractivity contribution in [3.05, 3.63) is 34.6 Å². The van der Waals surface area contributed by atoms with Gasteiger partial charge in [0.15, 0.2) is 0 Å². The third-order valence-corrected chi connectivity index (χ3v) is 3.03. The topological polar surface area (TPSA) is 75.3 Å². The van der Waals surface area contributed by atoms with E-state index in [9.17, 15) is 18.8 Å². The molecule has 0 aliphatic carbocycles. The number of benzene rings is 1. The van der Waals surface area contributed by atoms with Crippen molar-refractivity contribution < 1.29 is 18.8 Å². The molecule has 5 nitrogen and oxygen atoms in total. The third kappa shape index (κ3) is 3.08. The fraction of sp³-hybridized carbons (Fsp3) is 0.250. The van der Waals surface area contributed by atoms with Crippen LogP contribution in [0, 0.1) is 5.82 Å². The number of hydrogen-bond acceptors (Lipinski definition) is 3. The van der Waals surface area contributed by atoms with E-state index in [0.29, 0.717) is 0 Å². The predicted octanol–water partition coefficient (Wildman–Crippen LogP) is 1.01. The highest BCUT2D eigenvalue weighted by molar-refractivity contribution is 6.33. The van der Waals surface area contributed by atoms with Gasteiger partial charge in [0.2, 0.25) is 11.8 Å². The molecule has 0 aromatic heterocycles. The van der Waals surface area contributed by atoms with Gasteiger partial charge in [0, 0.05) is 6.42 Å². The maximum absolute atomic E-state index is 12.9. The molecule has 0 saturated carbocycles. The third-order valence-electron chi connectivity index (χ3n) is 2.72. The average Bonchev–Trinajstić information content (AvgIpc) is 2.32. The van der Waals surface area contributed by atoms with E-state index >= 15 is 0 Å². The highest BCUT2D eigenvalue weighted by Gasteiger charge is 2.28. The molecule has 2 N–H and O–H groups in total. The first-order valence-corrected chi connectivity index (χ1v) is 5.95. The van der Waals surface area contributed by atoms with Gasteiger partial charge in [-0.1, -0.05) is 11.6 Å². The van der Waals surface area contributed by atoms with Crippen molar-refractivity contribution in [1.29, 1.82) is 0 Å². The van der Waals surface area contributed by atoms with E-state index < -0.39 is 23.7 Å². The first-order chi connectivity index (χ1) is 8.97. The molecule has 1 heterocycles. The fourth-order valence-corrected chi connectivity index (χ4v) is 1.99. The number of piperidine rings is 1. The lowest BCUT2D eigenvalue weighted by atomic mass is 10.1. The molecule has 1 fully saturated rings. The molecule has 1 atom stereocenters. The first kappa shape index (κ1) is 13.5. The molecule has 3 amide bonds. The number of nitrogens with one attached hydrogen (secondary N) is 2. The van der Waals surface area contributed by atoms with Crippen LogP contribution in [0.4, 0.5) is 4.39 Å². The molecule has 100 valence electrons. The van der Waals surface area contributed by atoms with Crippen LogP contribution in [-0.4, -0.2) is 23.8 Å². The second-order valence-electron chi connectivity index (χ2n) is 4.10. The lowest BCUT2D eigenvalue weighted by molar-refractivity contribution is -0.134. The Balaban J connectivity index is 2.09. The summed E-state index contributed by atoms with van der Waals surface area (Å²) in [6.45, 7) is 0. The Labute approximate surface area is 113 Å². The molecular weight excluding hydrogens is 275 g/mol. The molecule has 1 aromatic carbocycles. The number of carbonyl (C=O) groups is 3. The summed E-state index contributed by atoms with van der Waals surface area (Å²) in [5, 5.41) is 4.54. The number of carbonyl (C=O) groups excluding carboxylic acids is 3. The molecule has 0 radical (unpaired) electrons. The van der Waals surface area contributed by atoms with E-state index in [0.717, 1.165) is 12.1 Å². The summed E-state index contributed by atoms with van der Waals surface area (Å²) in [4.78, 5) is 34.3. The SMILES string of the molecule is O=C1CCC(NC(=O)c2ccc(F)cc2Cl)C(=O)N1. The van der Waals surface area contributed by atoms with Gasteiger partial charge in [-0.2, -0.15) is 0 Å². The summed E-state index contributed by atoms with van der Waals surface area (Å²) in [6.07, 6.45) is 0.392. The molecule has 1 aliphatic rings. The van der Waals surface area contributed by atoms with Gasteiger partial charge >= 0.3 is 0 Å². The summed E-state index contributed by atoms with van der Waals surface area (Å²) < 4.78 is 12.9. The van der Waals surface area contributed by atoms with Gasteiger partial charge in [0.25, 0.3) is 5.91 Å². The monoisotopic (exact) mass is 284 g/mol. The zero-order valence-corrected chi connectivity index (χ0v) is 10.5. The highest BCUT2D eigenvalue weighted by Crippen LogP contribution is 2.17. The highest BCUT2D eigenvalue weighted by atomic mass is 35.5. The van der Waals surface area contributed by atoms with Crippen molar-refractivity contribution in [3.63, 3.8) is 0 Å². The van der Waals surface area contributed by atoms with E-state index in [1.54, 1.807) is 0 Å². The summed E-state index contributed by atoms with van der Waals surface area (Å²) in [5.41, 5.74) is 0.0766. The van der Waals surface area contributed by atoms with E-state index in [1.165, 1.54) is 6.07 Å². The molecule has 1 aliphatic heterocycles. The molecule has 0 spiro atoms. The van der Waals surface area contributed by atoms with Crippen molar-refractivity contribution in [2.45, 2.75) is 18.9 Å². The van der Waals surface area contributed by atoms with Gasteiger partial charge in [0.05, 0.1) is 10.6 Å². The van der Waals surface area contributed by atoms with Crippen LogP contribution in [0.2, 0.25) is 5.02 Å². The van der Waals surface area contributed by atoms with Crippen LogP contribution in [0.5, 0.6) is 0 Å². The first-order valence-electron chi connectivity index (χ1n) is 5.57. The van der Waals surface area contributed by atoms with Crippen LogP contribution >= 0.6 is 11.6 Å². The number of rotatable bonds is 2. The van der Waals surface area contributed by atoms with Crippen molar-refractivity contribution in [3.8, 4) is 0 Å². The minimum atomic E-state index is -0.786. The van der Waals surface area contributed by atoms with E-state index in [2.05, 4.69) is 10.6 Å². The largest absolute Gasteiger partial charge is 0.340 e. The minimum Gasteiger partial charge on any atom is -0.340 e. The quantitative estimate of drug-likeness (QED) is 0.796. The summed E-state index contributed by atoms with van der Waals surface area (Å²) in [6, 6.07) is 2.57. The maximum Gasteiger partial charge on any atom is 0.253 e. The van der Waals surface area contributed by atoms with E-state index in [4.69, 9.17) is 11.6 Å². The van der Waals surface area contributed by atoms with Gasteiger partial charge in [0.1, 0.15) is 11.9 Å². The van der Waals surface area contributed by atoms with Crippen LogP contribution in [-0.2, 0) is 9.59 Å². The molecule has 1 aromatic rings. The molecule has 1 unspecified atom stereocenters. The number of imide groups is 1. The Hall–Kier alpha value is -1.95. The maximum atomic E-state index is 12.9. The van der Waals surface area contributed by atoms with Gasteiger partial charge in [-0.25, -0.2) is 4.39 Å². The van der Waals surface area contributed by atoms with Crippen LogP contribution in [0.3, 0.4) is 0 Å². The number of hydrogen-bond donors (Lipinski definition) is 2. The number of halogens is 2. The van der Waals surface area contributed by atoms with Crippen molar-refractivity contribution in [2.75, 3.05) is 0 Å². The Bertz CT molecular complexity index is 562.